The van der Waals surface area contributed by atoms with E-state index in [0.29, 0.717) is 5.92 Å². The molecule has 18 heavy (non-hydrogen) atoms. The molecule has 1 aromatic rings. The monoisotopic (exact) mass is 246 g/mol. The van der Waals surface area contributed by atoms with Gasteiger partial charge in [0.2, 0.25) is 0 Å². The van der Waals surface area contributed by atoms with E-state index in [1.54, 1.807) is 0 Å². The van der Waals surface area contributed by atoms with Gasteiger partial charge in [-0.1, -0.05) is 57.4 Å². The molecule has 1 aromatic carbocycles. The predicted octanol–water partition coefficient (Wildman–Crippen LogP) is 4.50. The van der Waals surface area contributed by atoms with Gasteiger partial charge in [-0.15, -0.1) is 0 Å². The van der Waals surface area contributed by atoms with Crippen LogP contribution in [0.1, 0.15) is 63.2 Å². The molecule has 3 atom stereocenters. The number of hydrogen-bond donors (Lipinski definition) is 1. The van der Waals surface area contributed by atoms with Gasteiger partial charge in [0.05, 0.1) is 6.10 Å². The zero-order chi connectivity index (χ0) is 13.0. The van der Waals surface area contributed by atoms with Gasteiger partial charge in [0.15, 0.2) is 0 Å². The van der Waals surface area contributed by atoms with Crippen molar-refractivity contribution in [2.24, 2.45) is 11.8 Å². The largest absolute Gasteiger partial charge is 0.388 e. The Morgan fingerprint density at radius 1 is 1.33 bits per heavy atom. The second-order valence-corrected chi connectivity index (χ2v) is 5.97. The SMILES string of the molecule is CCCc1cccc(C(O)C2CCCC(C)C2)c1. The molecular weight excluding hydrogens is 220 g/mol. The molecule has 1 fully saturated rings. The van der Waals surface area contributed by atoms with Crippen LogP contribution in [0.15, 0.2) is 24.3 Å². The number of benzene rings is 1. The van der Waals surface area contributed by atoms with Gasteiger partial charge in [-0.05, 0) is 42.2 Å². The topological polar surface area (TPSA) is 20.2 Å². The summed E-state index contributed by atoms with van der Waals surface area (Å²) in [5, 5.41) is 10.6. The van der Waals surface area contributed by atoms with Crippen molar-refractivity contribution in [1.82, 2.24) is 0 Å². The van der Waals surface area contributed by atoms with E-state index in [4.69, 9.17) is 0 Å². The highest BCUT2D eigenvalue weighted by atomic mass is 16.3. The van der Waals surface area contributed by atoms with Gasteiger partial charge in [-0.2, -0.15) is 0 Å². The van der Waals surface area contributed by atoms with Gasteiger partial charge in [0.1, 0.15) is 0 Å². The Hall–Kier alpha value is -0.820. The maximum Gasteiger partial charge on any atom is 0.0818 e. The molecule has 1 aliphatic carbocycles. The molecule has 1 heteroatoms. The summed E-state index contributed by atoms with van der Waals surface area (Å²) in [6.07, 6.45) is 6.99. The van der Waals surface area contributed by atoms with Crippen molar-refractivity contribution >= 4 is 0 Å². The van der Waals surface area contributed by atoms with Crippen molar-refractivity contribution in [3.8, 4) is 0 Å². The van der Waals surface area contributed by atoms with Gasteiger partial charge in [0, 0.05) is 0 Å². The second-order valence-electron chi connectivity index (χ2n) is 5.97. The maximum absolute atomic E-state index is 10.6. The van der Waals surface area contributed by atoms with Gasteiger partial charge >= 0.3 is 0 Å². The summed E-state index contributed by atoms with van der Waals surface area (Å²) in [7, 11) is 0. The lowest BCUT2D eigenvalue weighted by Gasteiger charge is -2.30. The van der Waals surface area contributed by atoms with Crippen LogP contribution in [-0.4, -0.2) is 5.11 Å². The van der Waals surface area contributed by atoms with E-state index in [1.807, 2.05) is 0 Å². The summed E-state index contributed by atoms with van der Waals surface area (Å²) in [5.41, 5.74) is 2.48. The average molecular weight is 246 g/mol. The lowest BCUT2D eigenvalue weighted by Crippen LogP contribution is -2.20. The second kappa shape index (κ2) is 6.38. The first-order valence-electron chi connectivity index (χ1n) is 7.47. The molecule has 100 valence electrons. The van der Waals surface area contributed by atoms with Crippen LogP contribution in [0, 0.1) is 11.8 Å². The molecule has 0 saturated heterocycles. The molecule has 0 amide bonds. The van der Waals surface area contributed by atoms with Crippen molar-refractivity contribution in [2.75, 3.05) is 0 Å². The van der Waals surface area contributed by atoms with Crippen LogP contribution in [0.25, 0.3) is 0 Å². The number of aliphatic hydroxyl groups excluding tert-OH is 1. The first kappa shape index (κ1) is 13.6. The van der Waals surface area contributed by atoms with Crippen LogP contribution >= 0.6 is 0 Å². The molecule has 0 radical (unpaired) electrons. The van der Waals surface area contributed by atoms with Crippen molar-refractivity contribution in [3.63, 3.8) is 0 Å². The molecule has 1 nitrogen and oxygen atoms in total. The van der Waals surface area contributed by atoms with Crippen molar-refractivity contribution in [2.45, 2.75) is 58.5 Å². The molecule has 0 aliphatic heterocycles. The minimum atomic E-state index is -0.260. The van der Waals surface area contributed by atoms with Crippen LogP contribution in [-0.2, 0) is 6.42 Å². The van der Waals surface area contributed by atoms with Gasteiger partial charge in [-0.3, -0.25) is 0 Å². The fourth-order valence-electron chi connectivity index (χ4n) is 3.26. The highest BCUT2D eigenvalue weighted by Crippen LogP contribution is 2.37. The summed E-state index contributed by atoms with van der Waals surface area (Å²) in [5.74, 6) is 1.24. The zero-order valence-electron chi connectivity index (χ0n) is 11.7. The molecule has 2 rings (SSSR count). The molecule has 0 spiro atoms. The summed E-state index contributed by atoms with van der Waals surface area (Å²) in [6.45, 7) is 4.51. The summed E-state index contributed by atoms with van der Waals surface area (Å²) >= 11 is 0. The number of aryl methyl sites for hydroxylation is 1. The van der Waals surface area contributed by atoms with Crippen LogP contribution in [0.5, 0.6) is 0 Å². The Balaban J connectivity index is 2.07. The lowest BCUT2D eigenvalue weighted by atomic mass is 9.78. The molecule has 0 bridgehead atoms. The Morgan fingerprint density at radius 2 is 2.17 bits per heavy atom. The third-order valence-corrected chi connectivity index (χ3v) is 4.25. The fourth-order valence-corrected chi connectivity index (χ4v) is 3.26. The Kier molecular flexibility index (Phi) is 4.82. The molecule has 1 N–H and O–H groups in total. The van der Waals surface area contributed by atoms with Crippen molar-refractivity contribution in [1.29, 1.82) is 0 Å². The smallest absolute Gasteiger partial charge is 0.0818 e. The summed E-state index contributed by atoms with van der Waals surface area (Å²) in [6, 6.07) is 8.55. The molecule has 0 aromatic heterocycles. The van der Waals surface area contributed by atoms with Gasteiger partial charge < -0.3 is 5.11 Å². The lowest BCUT2D eigenvalue weighted by molar-refractivity contribution is 0.0713. The van der Waals surface area contributed by atoms with E-state index in [2.05, 4.69) is 38.1 Å². The normalized spacial score (nSPS) is 25.9. The summed E-state index contributed by atoms with van der Waals surface area (Å²) in [4.78, 5) is 0. The van der Waals surface area contributed by atoms with E-state index in [9.17, 15) is 5.11 Å². The Morgan fingerprint density at radius 3 is 2.89 bits per heavy atom. The van der Waals surface area contributed by atoms with Gasteiger partial charge in [0.25, 0.3) is 0 Å². The minimum Gasteiger partial charge on any atom is -0.388 e. The van der Waals surface area contributed by atoms with Crippen LogP contribution in [0.3, 0.4) is 0 Å². The van der Waals surface area contributed by atoms with E-state index >= 15 is 0 Å². The standard InChI is InChI=1S/C17H26O/c1-3-6-14-8-5-10-16(12-14)17(18)15-9-4-7-13(2)11-15/h5,8,10,12-13,15,17-18H,3-4,6-7,9,11H2,1-2H3. The first-order chi connectivity index (χ1) is 8.70. The zero-order valence-corrected chi connectivity index (χ0v) is 11.7. The van der Waals surface area contributed by atoms with Crippen molar-refractivity contribution in [3.05, 3.63) is 35.4 Å². The van der Waals surface area contributed by atoms with Crippen LogP contribution in [0.4, 0.5) is 0 Å². The molecule has 1 aliphatic rings. The highest BCUT2D eigenvalue weighted by Gasteiger charge is 2.26. The number of hydrogen-bond acceptors (Lipinski definition) is 1. The average Bonchev–Trinajstić information content (AvgIpc) is 2.39. The van der Waals surface area contributed by atoms with E-state index in [1.165, 1.54) is 37.7 Å². The first-order valence-corrected chi connectivity index (χ1v) is 7.47. The fraction of sp³-hybridized carbons (Fsp3) is 0.647. The summed E-state index contributed by atoms with van der Waals surface area (Å²) < 4.78 is 0. The van der Waals surface area contributed by atoms with Gasteiger partial charge in [-0.25, -0.2) is 0 Å². The molecule has 0 heterocycles. The maximum atomic E-state index is 10.6. The predicted molar refractivity (Wildman–Crippen MR) is 76.5 cm³/mol. The van der Waals surface area contributed by atoms with E-state index < -0.39 is 0 Å². The minimum absolute atomic E-state index is 0.260. The third-order valence-electron chi connectivity index (χ3n) is 4.25. The highest BCUT2D eigenvalue weighted by molar-refractivity contribution is 5.25. The van der Waals surface area contributed by atoms with E-state index in [0.717, 1.165) is 17.9 Å². The van der Waals surface area contributed by atoms with Crippen LogP contribution < -0.4 is 0 Å². The molecule has 3 unspecified atom stereocenters. The third kappa shape index (κ3) is 3.35. The van der Waals surface area contributed by atoms with Crippen LogP contribution in [0.2, 0.25) is 0 Å². The number of aliphatic hydroxyl groups is 1. The number of rotatable bonds is 4. The molecule has 1 saturated carbocycles. The Labute approximate surface area is 111 Å². The van der Waals surface area contributed by atoms with Crippen molar-refractivity contribution < 1.29 is 5.11 Å². The molecular formula is C17H26O. The quantitative estimate of drug-likeness (QED) is 0.829. The Bertz CT molecular complexity index is 372. The van der Waals surface area contributed by atoms with E-state index in [-0.39, 0.29) is 6.10 Å².